The third-order valence-corrected chi connectivity index (χ3v) is 5.94. The first-order valence-electron chi connectivity index (χ1n) is 10.8. The van der Waals surface area contributed by atoms with Gasteiger partial charge in [0, 0.05) is 28.6 Å². The minimum absolute atomic E-state index is 0. The highest BCUT2D eigenvalue weighted by atomic mass is 35.5. The van der Waals surface area contributed by atoms with Crippen molar-refractivity contribution in [1.82, 2.24) is 10.3 Å². The lowest BCUT2D eigenvalue weighted by molar-refractivity contribution is -0.113. The molecule has 3 heterocycles. The monoisotopic (exact) mass is 468 g/mol. The van der Waals surface area contributed by atoms with Crippen LogP contribution in [0.5, 0.6) is 0 Å². The number of aromatic nitrogens is 1. The van der Waals surface area contributed by atoms with Crippen molar-refractivity contribution in [2.45, 2.75) is 38.8 Å². The summed E-state index contributed by atoms with van der Waals surface area (Å²) in [5.41, 5.74) is 11.5. The Bertz CT molecular complexity index is 1120. The molecule has 2 aliphatic rings. The van der Waals surface area contributed by atoms with Crippen molar-refractivity contribution < 1.29 is 14.3 Å². The van der Waals surface area contributed by atoms with E-state index in [4.69, 9.17) is 16.9 Å². The molecular weight excluding hydrogens is 440 g/mol. The van der Waals surface area contributed by atoms with Crippen LogP contribution in [-0.4, -0.2) is 48.6 Å². The molecule has 1 aromatic carbocycles. The second kappa shape index (κ2) is 10.3. The van der Waals surface area contributed by atoms with E-state index in [0.717, 1.165) is 35.4 Å². The van der Waals surface area contributed by atoms with Crippen molar-refractivity contribution in [2.24, 2.45) is 5.73 Å². The van der Waals surface area contributed by atoms with Gasteiger partial charge in [-0.1, -0.05) is 12.0 Å². The van der Waals surface area contributed by atoms with Crippen LogP contribution in [-0.2, 0) is 9.53 Å². The second-order valence-electron chi connectivity index (χ2n) is 8.43. The Morgan fingerprint density at radius 2 is 2.15 bits per heavy atom. The number of carbonyl (C=O) groups is 2. The van der Waals surface area contributed by atoms with E-state index in [2.05, 4.69) is 16.2 Å². The largest absolute Gasteiger partial charge is 0.375 e. The Kier molecular flexibility index (Phi) is 7.65. The molecule has 4 N–H and O–H groups in total. The van der Waals surface area contributed by atoms with E-state index in [9.17, 15) is 9.59 Å². The Morgan fingerprint density at radius 1 is 1.36 bits per heavy atom. The van der Waals surface area contributed by atoms with Crippen LogP contribution < -0.4 is 16.0 Å². The molecular formula is C25H29ClN4O3. The molecule has 2 aliphatic heterocycles. The molecule has 0 aliphatic carbocycles. The predicted molar refractivity (Wildman–Crippen MR) is 132 cm³/mol. The third-order valence-electron chi connectivity index (χ3n) is 5.94. The van der Waals surface area contributed by atoms with Gasteiger partial charge in [-0.15, -0.1) is 18.8 Å². The molecule has 1 aromatic heterocycles. The number of halogens is 1. The average molecular weight is 469 g/mol. The molecule has 7 nitrogen and oxygen atoms in total. The van der Waals surface area contributed by atoms with Crippen LogP contribution in [0.1, 0.15) is 45.7 Å². The van der Waals surface area contributed by atoms with Gasteiger partial charge in [0.05, 0.1) is 37.1 Å². The smallest absolute Gasteiger partial charge is 0.259 e. The molecule has 1 fully saturated rings. The molecule has 4 rings (SSSR count). The van der Waals surface area contributed by atoms with Gasteiger partial charge in [0.2, 0.25) is 0 Å². The highest BCUT2D eigenvalue weighted by Gasteiger charge is 2.35. The van der Waals surface area contributed by atoms with E-state index < -0.39 is 0 Å². The summed E-state index contributed by atoms with van der Waals surface area (Å²) < 4.78 is 5.88. The van der Waals surface area contributed by atoms with Crippen molar-refractivity contribution in [3.63, 3.8) is 0 Å². The van der Waals surface area contributed by atoms with Crippen LogP contribution in [0, 0.1) is 26.2 Å². The number of hydrogen-bond donors (Lipinski definition) is 3. The fraction of sp³-hybridized carbons (Fsp3) is 0.360. The Balaban J connectivity index is 0.00000306. The van der Waals surface area contributed by atoms with Gasteiger partial charge in [-0.2, -0.15) is 0 Å². The lowest BCUT2D eigenvalue weighted by Gasteiger charge is -2.30. The van der Waals surface area contributed by atoms with Crippen molar-refractivity contribution in [3.05, 3.63) is 52.3 Å². The number of fused-ring (bicyclic) bond motifs is 1. The molecule has 0 radical (unpaired) electrons. The molecule has 0 bridgehead atoms. The van der Waals surface area contributed by atoms with Crippen LogP contribution in [0.25, 0.3) is 11.6 Å². The first-order valence-corrected chi connectivity index (χ1v) is 10.8. The zero-order chi connectivity index (χ0) is 22.8. The maximum atomic E-state index is 13.5. The summed E-state index contributed by atoms with van der Waals surface area (Å²) in [6, 6.07) is 7.38. The standard InChI is InChI=1S/C25H28N4O3.ClH/c1-4-9-27-24(30)17-5-8-20-21(12-22-15(2)10-16(3)28-22)25(31)29(23(20)11-17)13-19-7-6-18(26)14-32-19;/h1,5,8,10-12,18-19,28H,6-7,9,13-14,26H2,2-3H3,(H,27,30);1H/b21-12-;/t18-,19+;/m0./s1. The summed E-state index contributed by atoms with van der Waals surface area (Å²) >= 11 is 0. The Hall–Kier alpha value is -3.05. The summed E-state index contributed by atoms with van der Waals surface area (Å²) in [4.78, 5) is 31.0. The zero-order valence-corrected chi connectivity index (χ0v) is 19.6. The number of nitrogens with two attached hydrogens (primary N) is 1. The van der Waals surface area contributed by atoms with E-state index >= 15 is 0 Å². The number of benzene rings is 1. The van der Waals surface area contributed by atoms with Gasteiger partial charge in [-0.3, -0.25) is 9.59 Å². The summed E-state index contributed by atoms with van der Waals surface area (Å²) in [5, 5.41) is 2.68. The number of ether oxygens (including phenoxy) is 1. The van der Waals surface area contributed by atoms with E-state index in [1.54, 1.807) is 17.0 Å². The molecule has 2 atom stereocenters. The lowest BCUT2D eigenvalue weighted by atomic mass is 10.0. The number of H-pyrrole nitrogens is 1. The number of aromatic amines is 1. The summed E-state index contributed by atoms with van der Waals surface area (Å²) in [7, 11) is 0. The van der Waals surface area contributed by atoms with Crippen LogP contribution in [0.2, 0.25) is 0 Å². The van der Waals surface area contributed by atoms with E-state index in [1.807, 2.05) is 32.1 Å². The Labute approximate surface area is 200 Å². The number of carbonyl (C=O) groups excluding carboxylic acids is 2. The van der Waals surface area contributed by atoms with Crippen molar-refractivity contribution in [1.29, 1.82) is 0 Å². The first kappa shape index (κ1) is 24.6. The first-order chi connectivity index (χ1) is 15.4. The molecule has 8 heteroatoms. The van der Waals surface area contributed by atoms with E-state index in [-0.39, 0.29) is 42.9 Å². The van der Waals surface area contributed by atoms with Gasteiger partial charge >= 0.3 is 0 Å². The molecule has 33 heavy (non-hydrogen) atoms. The zero-order valence-electron chi connectivity index (χ0n) is 18.8. The minimum Gasteiger partial charge on any atom is -0.375 e. The lowest BCUT2D eigenvalue weighted by Crippen LogP contribution is -2.42. The number of terminal acetylenes is 1. The number of hydrogen-bond acceptors (Lipinski definition) is 4. The fourth-order valence-corrected chi connectivity index (χ4v) is 4.27. The van der Waals surface area contributed by atoms with Gasteiger partial charge in [0.25, 0.3) is 11.8 Å². The van der Waals surface area contributed by atoms with Gasteiger partial charge < -0.3 is 25.7 Å². The molecule has 1 saturated heterocycles. The topological polar surface area (TPSA) is 100 Å². The van der Waals surface area contributed by atoms with Crippen LogP contribution in [0.4, 0.5) is 5.69 Å². The second-order valence-corrected chi connectivity index (χ2v) is 8.43. The number of amides is 2. The van der Waals surface area contributed by atoms with Gasteiger partial charge in [-0.25, -0.2) is 0 Å². The van der Waals surface area contributed by atoms with Crippen molar-refractivity contribution >= 4 is 41.6 Å². The number of nitrogens with one attached hydrogen (secondary N) is 2. The Morgan fingerprint density at radius 3 is 2.79 bits per heavy atom. The number of nitrogens with zero attached hydrogens (tertiary/aromatic N) is 1. The normalized spacial score (nSPS) is 20.8. The number of rotatable bonds is 5. The highest BCUT2D eigenvalue weighted by Crippen LogP contribution is 2.39. The molecule has 0 spiro atoms. The molecule has 0 unspecified atom stereocenters. The fourth-order valence-electron chi connectivity index (χ4n) is 4.27. The van der Waals surface area contributed by atoms with Crippen LogP contribution in [0.15, 0.2) is 24.3 Å². The number of aryl methyl sites for hydroxylation is 2. The summed E-state index contributed by atoms with van der Waals surface area (Å²) in [6.07, 6.45) is 8.69. The summed E-state index contributed by atoms with van der Waals surface area (Å²) in [5.74, 6) is 2.02. The van der Waals surface area contributed by atoms with Crippen molar-refractivity contribution in [2.75, 3.05) is 24.6 Å². The number of anilines is 1. The van der Waals surface area contributed by atoms with Crippen LogP contribution >= 0.6 is 12.4 Å². The van der Waals surface area contributed by atoms with Gasteiger partial charge in [0.15, 0.2) is 0 Å². The molecule has 0 saturated carbocycles. The predicted octanol–water partition coefficient (Wildman–Crippen LogP) is 2.81. The van der Waals surface area contributed by atoms with Crippen molar-refractivity contribution in [3.8, 4) is 12.3 Å². The minimum atomic E-state index is -0.272. The van der Waals surface area contributed by atoms with Gasteiger partial charge in [-0.05, 0) is 56.5 Å². The average Bonchev–Trinajstić information content (AvgIpc) is 3.23. The molecule has 2 amide bonds. The quantitative estimate of drug-likeness (QED) is 0.464. The maximum absolute atomic E-state index is 13.5. The SMILES string of the molecule is C#CCNC(=O)c1ccc2c(c1)N(C[C@H]1CC[C@H](N)CO1)C(=O)/C2=C\c1[nH]c(C)cc1C.Cl. The summed E-state index contributed by atoms with van der Waals surface area (Å²) in [6.45, 7) is 5.03. The van der Waals surface area contributed by atoms with E-state index in [0.29, 0.717) is 30.0 Å². The maximum Gasteiger partial charge on any atom is 0.259 e. The molecule has 2 aromatic rings. The highest BCUT2D eigenvalue weighted by molar-refractivity contribution is 6.36. The van der Waals surface area contributed by atoms with E-state index in [1.165, 1.54) is 0 Å². The third kappa shape index (κ3) is 5.14. The van der Waals surface area contributed by atoms with Crippen LogP contribution in [0.3, 0.4) is 0 Å². The molecule has 174 valence electrons. The van der Waals surface area contributed by atoms with Gasteiger partial charge in [0.1, 0.15) is 0 Å².